The van der Waals surface area contributed by atoms with Gasteiger partial charge in [0.05, 0.1) is 0 Å². The molecule has 1 fully saturated rings. The Morgan fingerprint density at radius 3 is 2.79 bits per heavy atom. The summed E-state index contributed by atoms with van der Waals surface area (Å²) in [5, 5.41) is 3.61. The largest absolute Gasteiger partial charge is 0.329 e. The highest BCUT2D eigenvalue weighted by Gasteiger charge is 2.32. The van der Waals surface area contributed by atoms with E-state index in [4.69, 9.17) is 5.73 Å². The second-order valence-electron chi connectivity index (χ2n) is 6.56. The molecule has 2 rings (SSSR count). The van der Waals surface area contributed by atoms with Crippen molar-refractivity contribution in [2.24, 2.45) is 11.1 Å². The van der Waals surface area contributed by atoms with E-state index in [1.54, 1.807) is 6.07 Å². The van der Waals surface area contributed by atoms with Crippen LogP contribution in [0.4, 0.5) is 4.39 Å². The lowest BCUT2D eigenvalue weighted by molar-refractivity contribution is 0.353. The minimum Gasteiger partial charge on any atom is -0.329 e. The van der Waals surface area contributed by atoms with E-state index in [1.165, 1.54) is 18.9 Å². The lowest BCUT2D eigenvalue weighted by Crippen LogP contribution is -2.36. The van der Waals surface area contributed by atoms with Gasteiger partial charge in [0.15, 0.2) is 0 Å². The number of benzene rings is 1. The molecule has 19 heavy (non-hydrogen) atoms. The summed E-state index contributed by atoms with van der Waals surface area (Å²) in [6.45, 7) is 7.12. The van der Waals surface area contributed by atoms with Gasteiger partial charge < -0.3 is 11.1 Å². The Bertz CT molecular complexity index is 442. The van der Waals surface area contributed by atoms with Gasteiger partial charge in [-0.15, -0.1) is 0 Å². The lowest BCUT2D eigenvalue weighted by Gasteiger charge is -2.25. The van der Waals surface area contributed by atoms with Crippen molar-refractivity contribution in [3.05, 3.63) is 35.1 Å². The molecule has 0 spiro atoms. The predicted octanol–water partition coefficient (Wildman–Crippen LogP) is 3.30. The number of nitrogens with one attached hydrogen (secondary N) is 1. The molecule has 2 unspecified atom stereocenters. The van der Waals surface area contributed by atoms with Crippen LogP contribution in [0.15, 0.2) is 18.2 Å². The van der Waals surface area contributed by atoms with E-state index in [0.717, 1.165) is 17.5 Å². The molecule has 0 heterocycles. The molecule has 0 bridgehead atoms. The third-order valence-electron chi connectivity index (χ3n) is 4.26. The quantitative estimate of drug-likeness (QED) is 0.875. The lowest BCUT2D eigenvalue weighted by atomic mass is 9.91. The zero-order valence-corrected chi connectivity index (χ0v) is 12.2. The molecule has 2 nitrogen and oxygen atoms in total. The molecular formula is C16H25FN2. The summed E-state index contributed by atoms with van der Waals surface area (Å²) in [4.78, 5) is 0. The highest BCUT2D eigenvalue weighted by Crippen LogP contribution is 2.37. The van der Waals surface area contributed by atoms with Gasteiger partial charge in [0, 0.05) is 18.6 Å². The molecule has 3 N–H and O–H groups in total. The Hall–Kier alpha value is -0.930. The van der Waals surface area contributed by atoms with Gasteiger partial charge in [-0.05, 0) is 54.9 Å². The van der Waals surface area contributed by atoms with Crippen LogP contribution in [0, 0.1) is 18.2 Å². The van der Waals surface area contributed by atoms with Crippen LogP contribution in [-0.4, -0.2) is 12.6 Å². The Morgan fingerprint density at radius 2 is 2.21 bits per heavy atom. The van der Waals surface area contributed by atoms with Gasteiger partial charge in [-0.25, -0.2) is 4.39 Å². The summed E-state index contributed by atoms with van der Waals surface area (Å²) in [5.74, 6) is -0.187. The average Bonchev–Trinajstić information content (AvgIpc) is 2.69. The highest BCUT2D eigenvalue weighted by molar-refractivity contribution is 5.30. The number of hydrogen-bond acceptors (Lipinski definition) is 2. The molecule has 0 saturated heterocycles. The van der Waals surface area contributed by atoms with Crippen LogP contribution >= 0.6 is 0 Å². The van der Waals surface area contributed by atoms with Gasteiger partial charge in [-0.3, -0.25) is 0 Å². The molecule has 1 aromatic carbocycles. The Morgan fingerprint density at radius 1 is 1.47 bits per heavy atom. The fraction of sp³-hybridized carbons (Fsp3) is 0.625. The van der Waals surface area contributed by atoms with E-state index in [1.807, 2.05) is 13.0 Å². The van der Waals surface area contributed by atoms with Gasteiger partial charge in [-0.1, -0.05) is 19.9 Å². The summed E-state index contributed by atoms with van der Waals surface area (Å²) >= 11 is 0. The number of aryl methyl sites for hydroxylation is 1. The summed E-state index contributed by atoms with van der Waals surface area (Å²) in [7, 11) is 0. The molecule has 3 heteroatoms. The van der Waals surface area contributed by atoms with E-state index in [-0.39, 0.29) is 11.9 Å². The van der Waals surface area contributed by atoms with Crippen LogP contribution < -0.4 is 11.1 Å². The number of halogens is 1. The molecule has 0 aliphatic heterocycles. The first-order chi connectivity index (χ1) is 8.91. The van der Waals surface area contributed by atoms with E-state index >= 15 is 0 Å². The SMILES string of the molecule is Cc1ccc(F)cc1C(CN)NC1CCC(C)(C)C1. The Labute approximate surface area is 115 Å². The molecule has 1 aliphatic rings. The molecule has 1 saturated carbocycles. The smallest absolute Gasteiger partial charge is 0.123 e. The molecule has 0 aromatic heterocycles. The molecule has 1 aromatic rings. The number of hydrogen-bond donors (Lipinski definition) is 2. The average molecular weight is 264 g/mol. The van der Waals surface area contributed by atoms with Crippen molar-refractivity contribution < 1.29 is 4.39 Å². The minimum atomic E-state index is -0.187. The predicted molar refractivity (Wildman–Crippen MR) is 77.5 cm³/mol. The van der Waals surface area contributed by atoms with Crippen molar-refractivity contribution >= 4 is 0 Å². The van der Waals surface area contributed by atoms with Crippen molar-refractivity contribution in [3.63, 3.8) is 0 Å². The summed E-state index contributed by atoms with van der Waals surface area (Å²) in [6.07, 6.45) is 3.58. The maximum atomic E-state index is 13.4. The van der Waals surface area contributed by atoms with Crippen molar-refractivity contribution in [2.45, 2.75) is 52.1 Å². The van der Waals surface area contributed by atoms with Crippen molar-refractivity contribution in [1.82, 2.24) is 5.32 Å². The Balaban J connectivity index is 2.10. The van der Waals surface area contributed by atoms with Crippen LogP contribution in [-0.2, 0) is 0 Å². The molecule has 2 atom stereocenters. The van der Waals surface area contributed by atoms with Crippen LogP contribution in [0.2, 0.25) is 0 Å². The van der Waals surface area contributed by atoms with E-state index in [0.29, 0.717) is 18.0 Å². The highest BCUT2D eigenvalue weighted by atomic mass is 19.1. The van der Waals surface area contributed by atoms with E-state index in [2.05, 4.69) is 19.2 Å². The van der Waals surface area contributed by atoms with E-state index in [9.17, 15) is 4.39 Å². The van der Waals surface area contributed by atoms with Crippen LogP contribution in [0.5, 0.6) is 0 Å². The summed E-state index contributed by atoms with van der Waals surface area (Å²) in [6, 6.07) is 5.49. The zero-order chi connectivity index (χ0) is 14.0. The van der Waals surface area contributed by atoms with Crippen LogP contribution in [0.1, 0.15) is 50.3 Å². The molecule has 1 aliphatic carbocycles. The normalized spacial score (nSPS) is 23.5. The summed E-state index contributed by atoms with van der Waals surface area (Å²) in [5.41, 5.74) is 8.39. The molecule has 0 radical (unpaired) electrons. The first kappa shape index (κ1) is 14.5. The van der Waals surface area contributed by atoms with Crippen LogP contribution in [0.3, 0.4) is 0 Å². The zero-order valence-electron chi connectivity index (χ0n) is 12.2. The molecule has 106 valence electrons. The van der Waals surface area contributed by atoms with E-state index < -0.39 is 0 Å². The monoisotopic (exact) mass is 264 g/mol. The van der Waals surface area contributed by atoms with Crippen molar-refractivity contribution in [3.8, 4) is 0 Å². The minimum absolute atomic E-state index is 0.0506. The van der Waals surface area contributed by atoms with Crippen molar-refractivity contribution in [2.75, 3.05) is 6.54 Å². The van der Waals surface area contributed by atoms with Gasteiger partial charge in [0.2, 0.25) is 0 Å². The second kappa shape index (κ2) is 5.59. The maximum Gasteiger partial charge on any atom is 0.123 e. The maximum absolute atomic E-state index is 13.4. The van der Waals surface area contributed by atoms with Crippen molar-refractivity contribution in [1.29, 1.82) is 0 Å². The molecular weight excluding hydrogens is 239 g/mol. The summed E-state index contributed by atoms with van der Waals surface area (Å²) < 4.78 is 13.4. The van der Waals surface area contributed by atoms with Gasteiger partial charge in [-0.2, -0.15) is 0 Å². The van der Waals surface area contributed by atoms with Gasteiger partial charge in [0.25, 0.3) is 0 Å². The Kier molecular flexibility index (Phi) is 4.26. The van der Waals surface area contributed by atoms with Gasteiger partial charge in [0.1, 0.15) is 5.82 Å². The second-order valence-corrected chi connectivity index (χ2v) is 6.56. The fourth-order valence-electron chi connectivity index (χ4n) is 3.13. The van der Waals surface area contributed by atoms with Crippen LogP contribution in [0.25, 0.3) is 0 Å². The first-order valence-corrected chi connectivity index (χ1v) is 7.13. The third kappa shape index (κ3) is 3.54. The number of rotatable bonds is 4. The first-order valence-electron chi connectivity index (χ1n) is 7.13. The van der Waals surface area contributed by atoms with Gasteiger partial charge >= 0.3 is 0 Å². The fourth-order valence-corrected chi connectivity index (χ4v) is 3.13. The number of nitrogens with two attached hydrogens (primary N) is 1. The standard InChI is InChI=1S/C16H25FN2/c1-11-4-5-12(17)8-14(11)15(10-18)19-13-6-7-16(2,3)9-13/h4-5,8,13,15,19H,6-7,9-10,18H2,1-3H3. The third-order valence-corrected chi connectivity index (χ3v) is 4.26. The molecule has 0 amide bonds. The topological polar surface area (TPSA) is 38.0 Å².